The van der Waals surface area contributed by atoms with Gasteiger partial charge in [0.05, 0.1) is 16.6 Å². The van der Waals surface area contributed by atoms with Crippen LogP contribution in [0, 0.1) is 17.2 Å². The van der Waals surface area contributed by atoms with E-state index in [0.29, 0.717) is 23.0 Å². The number of hydrogen-bond acceptors (Lipinski definition) is 4. The number of nitrogens with zero attached hydrogens (tertiary/aromatic N) is 2. The van der Waals surface area contributed by atoms with Gasteiger partial charge in [-0.15, -0.1) is 0 Å². The average Bonchev–Trinajstić information content (AvgIpc) is 2.57. The molecule has 1 aliphatic rings. The van der Waals surface area contributed by atoms with E-state index in [4.69, 9.17) is 16.9 Å². The molecular weight excluding hydrogens is 374 g/mol. The minimum atomic E-state index is -3.21. The molecule has 0 aliphatic carbocycles. The fraction of sp³-hybridized carbons (Fsp3) is 0.444. The number of halogens is 1. The van der Waals surface area contributed by atoms with Crippen LogP contribution in [0.5, 0.6) is 0 Å². The molecule has 140 valence electrons. The Kier molecular flexibility index (Phi) is 6.68. The van der Waals surface area contributed by atoms with Gasteiger partial charge in [0.15, 0.2) is 9.84 Å². The van der Waals surface area contributed by atoms with Gasteiger partial charge in [0.1, 0.15) is 6.07 Å². The molecule has 2 atom stereocenters. The van der Waals surface area contributed by atoms with E-state index in [1.165, 1.54) is 6.08 Å². The predicted molar refractivity (Wildman–Crippen MR) is 101 cm³/mol. The first-order valence-corrected chi connectivity index (χ1v) is 10.6. The number of likely N-dealkylation sites (tertiary alicyclic amines) is 1. The summed E-state index contributed by atoms with van der Waals surface area (Å²) in [6, 6.07) is 6.89. The number of urea groups is 1. The summed E-state index contributed by atoms with van der Waals surface area (Å²) in [5, 5.41) is 13.2. The predicted octanol–water partition coefficient (Wildman–Crippen LogP) is 3.25. The fourth-order valence-electron chi connectivity index (χ4n) is 3.02. The summed E-state index contributed by atoms with van der Waals surface area (Å²) < 4.78 is 22.2. The fourth-order valence-corrected chi connectivity index (χ4v) is 3.70. The van der Waals surface area contributed by atoms with Gasteiger partial charge in [-0.1, -0.05) is 30.7 Å². The van der Waals surface area contributed by atoms with E-state index >= 15 is 0 Å². The normalized spacial score (nSPS) is 20.8. The number of carbonyl (C=O) groups excluding carboxylic acids is 1. The van der Waals surface area contributed by atoms with Crippen LogP contribution in [0.1, 0.15) is 36.9 Å². The van der Waals surface area contributed by atoms with Gasteiger partial charge in [-0.25, -0.2) is 13.2 Å². The summed E-state index contributed by atoms with van der Waals surface area (Å²) in [4.78, 5) is 14.4. The highest BCUT2D eigenvalue weighted by atomic mass is 35.5. The lowest BCUT2D eigenvalue weighted by Crippen LogP contribution is -2.46. The van der Waals surface area contributed by atoms with Crippen molar-refractivity contribution in [3.63, 3.8) is 0 Å². The van der Waals surface area contributed by atoms with Gasteiger partial charge in [-0.2, -0.15) is 5.26 Å². The molecule has 0 radical (unpaired) electrons. The van der Waals surface area contributed by atoms with Crippen molar-refractivity contribution in [2.45, 2.75) is 25.8 Å². The SMILES string of the molecule is C[C@H]1CC[C@H](c2ccc(C#N)c(Cl)c2)N(C(=O)NC/C=C/S(C)(=O)=O)C1. The Hall–Kier alpha value is -2.04. The molecule has 26 heavy (non-hydrogen) atoms. The van der Waals surface area contributed by atoms with Crippen LogP contribution in [0.25, 0.3) is 0 Å². The van der Waals surface area contributed by atoms with Gasteiger partial charge in [0.2, 0.25) is 0 Å². The Morgan fingerprint density at radius 1 is 1.46 bits per heavy atom. The van der Waals surface area contributed by atoms with E-state index in [2.05, 4.69) is 12.2 Å². The standard InChI is InChI=1S/C18H22ClN3O3S/c1-13-4-7-17(14-5-6-15(11-20)16(19)10-14)22(12-13)18(23)21-8-3-9-26(2,24)25/h3,5-6,9-10,13,17H,4,7-8,12H2,1-2H3,(H,21,23)/b9-3+/t13-,17+/m0/s1. The molecule has 1 saturated heterocycles. The first-order valence-electron chi connectivity index (χ1n) is 8.32. The van der Waals surface area contributed by atoms with Crippen molar-refractivity contribution in [3.05, 3.63) is 45.8 Å². The summed E-state index contributed by atoms with van der Waals surface area (Å²) in [5.74, 6) is 0.373. The number of benzene rings is 1. The molecule has 0 aromatic heterocycles. The van der Waals surface area contributed by atoms with Crippen LogP contribution in [0.4, 0.5) is 4.79 Å². The maximum atomic E-state index is 12.6. The Bertz CT molecular complexity index is 846. The highest BCUT2D eigenvalue weighted by molar-refractivity contribution is 7.93. The molecule has 2 rings (SSSR count). The molecule has 1 heterocycles. The van der Waals surface area contributed by atoms with Crippen LogP contribution < -0.4 is 5.32 Å². The number of piperidine rings is 1. The Balaban J connectivity index is 2.14. The maximum Gasteiger partial charge on any atom is 0.318 e. The number of carbonyl (C=O) groups is 1. The zero-order chi connectivity index (χ0) is 19.3. The number of hydrogen-bond donors (Lipinski definition) is 1. The van der Waals surface area contributed by atoms with Crippen molar-refractivity contribution >= 4 is 27.5 Å². The Morgan fingerprint density at radius 2 is 2.19 bits per heavy atom. The molecule has 0 spiro atoms. The third-order valence-electron chi connectivity index (χ3n) is 4.29. The minimum absolute atomic E-state index is 0.129. The minimum Gasteiger partial charge on any atom is -0.334 e. The number of nitriles is 1. The molecule has 6 nitrogen and oxygen atoms in total. The average molecular weight is 396 g/mol. The van der Waals surface area contributed by atoms with Crippen molar-refractivity contribution in [2.75, 3.05) is 19.3 Å². The van der Waals surface area contributed by atoms with Crippen LogP contribution in [-0.4, -0.2) is 38.7 Å². The second-order valence-corrected chi connectivity index (χ2v) is 8.93. The molecule has 1 aliphatic heterocycles. The van der Waals surface area contributed by atoms with Gasteiger partial charge in [0, 0.05) is 24.8 Å². The highest BCUT2D eigenvalue weighted by Gasteiger charge is 2.31. The van der Waals surface area contributed by atoms with E-state index in [1.54, 1.807) is 17.0 Å². The molecular formula is C18H22ClN3O3S. The Labute approximate surface area is 159 Å². The topological polar surface area (TPSA) is 90.3 Å². The van der Waals surface area contributed by atoms with Gasteiger partial charge in [0.25, 0.3) is 0 Å². The van der Waals surface area contributed by atoms with Crippen molar-refractivity contribution in [2.24, 2.45) is 5.92 Å². The highest BCUT2D eigenvalue weighted by Crippen LogP contribution is 2.34. The van der Waals surface area contributed by atoms with Crippen LogP contribution in [0.3, 0.4) is 0 Å². The van der Waals surface area contributed by atoms with E-state index in [1.807, 2.05) is 12.1 Å². The van der Waals surface area contributed by atoms with Gasteiger partial charge < -0.3 is 10.2 Å². The molecule has 0 bridgehead atoms. The number of rotatable bonds is 4. The lowest BCUT2D eigenvalue weighted by molar-refractivity contribution is 0.130. The van der Waals surface area contributed by atoms with Crippen molar-refractivity contribution in [1.29, 1.82) is 5.26 Å². The van der Waals surface area contributed by atoms with Crippen LogP contribution in [-0.2, 0) is 9.84 Å². The Morgan fingerprint density at radius 3 is 2.81 bits per heavy atom. The first kappa shape index (κ1) is 20.3. The van der Waals surface area contributed by atoms with Gasteiger partial charge in [-0.05, 0) is 36.5 Å². The second-order valence-electron chi connectivity index (χ2n) is 6.59. The van der Waals surface area contributed by atoms with Crippen molar-refractivity contribution < 1.29 is 13.2 Å². The molecule has 1 aromatic carbocycles. The molecule has 2 amide bonds. The lowest BCUT2D eigenvalue weighted by Gasteiger charge is -2.39. The van der Waals surface area contributed by atoms with Gasteiger partial charge >= 0.3 is 6.03 Å². The van der Waals surface area contributed by atoms with Gasteiger partial charge in [-0.3, -0.25) is 0 Å². The zero-order valence-electron chi connectivity index (χ0n) is 14.8. The third kappa shape index (κ3) is 5.48. The smallest absolute Gasteiger partial charge is 0.318 e. The van der Waals surface area contributed by atoms with Crippen molar-refractivity contribution in [3.8, 4) is 6.07 Å². The molecule has 0 unspecified atom stereocenters. The molecule has 8 heteroatoms. The van der Waals surface area contributed by atoms with E-state index in [-0.39, 0.29) is 18.6 Å². The summed E-state index contributed by atoms with van der Waals surface area (Å²) in [7, 11) is -3.21. The second kappa shape index (κ2) is 8.56. The monoisotopic (exact) mass is 395 g/mol. The molecule has 1 aromatic rings. The lowest BCUT2D eigenvalue weighted by atomic mass is 9.90. The summed E-state index contributed by atoms with van der Waals surface area (Å²) in [6.45, 7) is 2.83. The summed E-state index contributed by atoms with van der Waals surface area (Å²) >= 11 is 6.14. The zero-order valence-corrected chi connectivity index (χ0v) is 16.3. The van der Waals surface area contributed by atoms with E-state index in [9.17, 15) is 13.2 Å². The van der Waals surface area contributed by atoms with Crippen LogP contribution >= 0.6 is 11.6 Å². The maximum absolute atomic E-state index is 12.6. The largest absolute Gasteiger partial charge is 0.334 e. The summed E-state index contributed by atoms with van der Waals surface area (Å²) in [5.41, 5.74) is 1.30. The van der Waals surface area contributed by atoms with Crippen molar-refractivity contribution in [1.82, 2.24) is 10.2 Å². The van der Waals surface area contributed by atoms with E-state index in [0.717, 1.165) is 30.1 Å². The number of amides is 2. The van der Waals surface area contributed by atoms with Crippen LogP contribution in [0.2, 0.25) is 5.02 Å². The van der Waals surface area contributed by atoms with E-state index < -0.39 is 9.84 Å². The first-order chi connectivity index (χ1) is 12.2. The number of nitrogens with one attached hydrogen (secondary N) is 1. The number of sulfone groups is 1. The quantitative estimate of drug-likeness (QED) is 0.847. The molecule has 1 N–H and O–H groups in total. The molecule has 1 fully saturated rings. The summed E-state index contributed by atoms with van der Waals surface area (Å²) in [6.07, 6.45) is 4.30. The van der Waals surface area contributed by atoms with Crippen LogP contribution in [0.15, 0.2) is 29.7 Å². The molecule has 0 saturated carbocycles. The third-order valence-corrected chi connectivity index (χ3v) is 5.29.